The molecule has 5 N–H and O–H groups in total. The zero-order valence-corrected chi connectivity index (χ0v) is 32.5. The molecule has 9 heteroatoms. The van der Waals surface area contributed by atoms with Gasteiger partial charge in [0.15, 0.2) is 0 Å². The molecule has 2 unspecified atom stereocenters. The number of aromatic nitrogens is 2. The van der Waals surface area contributed by atoms with Crippen molar-refractivity contribution >= 4 is 29.7 Å². The Hall–Kier alpha value is -4.24. The van der Waals surface area contributed by atoms with E-state index in [0.29, 0.717) is 23.5 Å². The van der Waals surface area contributed by atoms with Crippen LogP contribution in [0.4, 0.5) is 0 Å². The Balaban J connectivity index is 1.50. The molecule has 5 heterocycles. The molecule has 6 atom stereocenters. The summed E-state index contributed by atoms with van der Waals surface area (Å²) in [7, 11) is 1.37. The molecule has 4 aliphatic rings. The van der Waals surface area contributed by atoms with Gasteiger partial charge >= 0.3 is 11.9 Å². The number of hydrogen-bond donors (Lipinski definition) is 5. The number of fused-ring (bicyclic) bond motifs is 7. The Morgan fingerprint density at radius 1 is 1.00 bits per heavy atom. The van der Waals surface area contributed by atoms with Gasteiger partial charge < -0.3 is 35.2 Å². The number of hydrogen-bond acceptors (Lipinski definition) is 7. The molecule has 52 heavy (non-hydrogen) atoms. The molecule has 0 saturated carbocycles. The first-order chi connectivity index (χ1) is 24.9. The normalized spacial score (nSPS) is 28.7. The molecule has 280 valence electrons. The zero-order chi connectivity index (χ0) is 37.4. The maximum absolute atomic E-state index is 13.6. The van der Waals surface area contributed by atoms with E-state index < -0.39 is 18.0 Å². The highest BCUT2D eigenvalue weighted by atomic mass is 16.5. The van der Waals surface area contributed by atoms with Crippen LogP contribution in [0.3, 0.4) is 0 Å². The molecule has 1 aliphatic carbocycles. The monoisotopic (exact) mass is 710 g/mol. The van der Waals surface area contributed by atoms with Crippen LogP contribution in [0.15, 0.2) is 40.4 Å². The average Bonchev–Trinajstić information content (AvgIpc) is 3.86. The fraction of sp³-hybridized carbons (Fsp3) is 0.535. The maximum atomic E-state index is 13.6. The molecule has 2 aromatic rings. The lowest BCUT2D eigenvalue weighted by atomic mass is 9.84. The van der Waals surface area contributed by atoms with E-state index in [0.717, 1.165) is 76.8 Å². The molecule has 0 aromatic carbocycles. The first-order valence-electron chi connectivity index (χ1n) is 19.3. The van der Waals surface area contributed by atoms with Crippen molar-refractivity contribution in [3.05, 3.63) is 84.7 Å². The Labute approximate surface area is 308 Å². The number of aliphatic hydroxyl groups is 1. The Kier molecular flexibility index (Phi) is 11.1. The van der Waals surface area contributed by atoms with E-state index in [-0.39, 0.29) is 36.9 Å². The van der Waals surface area contributed by atoms with Crippen LogP contribution in [-0.2, 0) is 25.5 Å². The summed E-state index contributed by atoms with van der Waals surface area (Å²) in [6, 6.07) is 0.121. The molecule has 6 rings (SSSR count). The molecular formula is C43H58N4O5. The van der Waals surface area contributed by atoms with Gasteiger partial charge in [-0.25, -0.2) is 0 Å². The maximum Gasteiger partial charge on any atom is 0.316 e. The van der Waals surface area contributed by atoms with Crippen molar-refractivity contribution in [1.82, 2.24) is 20.6 Å². The Morgan fingerprint density at radius 3 is 2.46 bits per heavy atom. The molecule has 1 saturated heterocycles. The van der Waals surface area contributed by atoms with Gasteiger partial charge in [0.05, 0.1) is 24.9 Å². The van der Waals surface area contributed by atoms with Gasteiger partial charge in [-0.1, -0.05) is 39.7 Å². The summed E-state index contributed by atoms with van der Waals surface area (Å²) in [5, 5.41) is 21.7. The second-order valence-corrected chi connectivity index (χ2v) is 15.2. The predicted octanol–water partition coefficient (Wildman–Crippen LogP) is 6.16. The smallest absolute Gasteiger partial charge is 0.316 e. The van der Waals surface area contributed by atoms with Crippen molar-refractivity contribution in [2.24, 2.45) is 23.7 Å². The number of unbranched alkanes of at least 4 members (excludes halogenated alkanes) is 1. The van der Waals surface area contributed by atoms with Crippen molar-refractivity contribution < 1.29 is 24.2 Å². The van der Waals surface area contributed by atoms with Gasteiger partial charge in [0, 0.05) is 68.8 Å². The van der Waals surface area contributed by atoms with Gasteiger partial charge in [0.25, 0.3) is 0 Å². The lowest BCUT2D eigenvalue weighted by molar-refractivity contribution is -0.146. The van der Waals surface area contributed by atoms with Crippen LogP contribution in [0, 0.1) is 37.5 Å². The lowest BCUT2D eigenvalue weighted by Gasteiger charge is -2.21. The van der Waals surface area contributed by atoms with E-state index in [1.54, 1.807) is 0 Å². The highest BCUT2D eigenvalue weighted by molar-refractivity contribution is 5.95. The summed E-state index contributed by atoms with van der Waals surface area (Å²) >= 11 is 0. The number of allylic oxidation sites excluding steroid dienone is 4. The van der Waals surface area contributed by atoms with Gasteiger partial charge in [0.2, 0.25) is 0 Å². The predicted molar refractivity (Wildman–Crippen MR) is 206 cm³/mol. The number of nitrogens with one attached hydrogen (secondary N) is 4. The number of aromatic amines is 2. The summed E-state index contributed by atoms with van der Waals surface area (Å²) in [5.74, 6) is -1.48. The number of aliphatic hydroxyl groups excluding tert-OH is 1. The van der Waals surface area contributed by atoms with Gasteiger partial charge in [-0.2, -0.15) is 0 Å². The second-order valence-electron chi connectivity index (χ2n) is 15.2. The highest BCUT2D eigenvalue weighted by Gasteiger charge is 2.48. The van der Waals surface area contributed by atoms with Crippen molar-refractivity contribution in [1.29, 1.82) is 0 Å². The van der Waals surface area contributed by atoms with Gasteiger partial charge in [-0.3, -0.25) is 9.59 Å². The van der Waals surface area contributed by atoms with Gasteiger partial charge in [-0.05, 0) is 106 Å². The SMILES string of the molecule is CCCC/C(C)=C/COC(=O)CC[C@H]1/C2=C3/c4[nH]c(c(C)c4[C@@H](O)[C@H]3C(=O)OC)/C=c3\[nH]/c(c(C)c3CC)=C\C3NC(=C(C)[C@@H]3CC)/C=C(\N2)C1C. The van der Waals surface area contributed by atoms with Crippen molar-refractivity contribution in [3.63, 3.8) is 0 Å². The molecule has 0 amide bonds. The van der Waals surface area contributed by atoms with Crippen LogP contribution in [0.25, 0.3) is 17.7 Å². The van der Waals surface area contributed by atoms with E-state index in [1.807, 2.05) is 13.0 Å². The lowest BCUT2D eigenvalue weighted by Crippen LogP contribution is -2.29. The molecule has 1 fully saturated rings. The largest absolute Gasteiger partial charge is 0.468 e. The van der Waals surface area contributed by atoms with Crippen molar-refractivity contribution in [2.75, 3.05) is 13.7 Å². The van der Waals surface area contributed by atoms with Crippen LogP contribution in [0.5, 0.6) is 0 Å². The Bertz CT molecular complexity index is 1990. The average molecular weight is 711 g/mol. The number of ether oxygens (including phenoxy) is 2. The summed E-state index contributed by atoms with van der Waals surface area (Å²) < 4.78 is 11.0. The van der Waals surface area contributed by atoms with E-state index in [9.17, 15) is 14.7 Å². The van der Waals surface area contributed by atoms with Gasteiger partial charge in [0.1, 0.15) is 12.5 Å². The number of rotatable bonds is 11. The third-order valence-electron chi connectivity index (χ3n) is 12.2. The number of esters is 2. The minimum absolute atomic E-state index is 0.00569. The van der Waals surface area contributed by atoms with Crippen LogP contribution < -0.4 is 21.3 Å². The molecular weight excluding hydrogens is 652 g/mol. The highest BCUT2D eigenvalue weighted by Crippen LogP contribution is 2.52. The van der Waals surface area contributed by atoms with E-state index in [2.05, 4.69) is 87.3 Å². The second kappa shape index (κ2) is 15.4. The van der Waals surface area contributed by atoms with Crippen LogP contribution in [0.1, 0.15) is 120 Å². The standard InChI is InChI=1S/C43H58N4O5/c1-10-13-14-22(4)17-18-52-36(48)16-15-29-25(7)32-19-30-23(5)27(11-2)34(44-30)20-31-24(6)28(12-3)35(45-31)21-33-26(8)37-41(47-33)38(40(29)46-32)39(42(37)49)43(50)51-9/h17,19-21,25,27,29,34,39,42,44-47,49H,10-16,18H2,1-9H3/b22-17+,31-20-,32-19-,35-21-,40-38-/t25?,27-,29+,34?,39-,42+/m0/s1. The minimum Gasteiger partial charge on any atom is -0.468 e. The van der Waals surface area contributed by atoms with Crippen molar-refractivity contribution in [2.45, 2.75) is 112 Å². The zero-order valence-electron chi connectivity index (χ0n) is 32.5. The van der Waals surface area contributed by atoms with Gasteiger partial charge in [-0.15, -0.1) is 0 Å². The first-order valence-corrected chi connectivity index (χ1v) is 19.3. The summed E-state index contributed by atoms with van der Waals surface area (Å²) in [4.78, 5) is 34.1. The molecule has 8 bridgehead atoms. The van der Waals surface area contributed by atoms with E-state index >= 15 is 0 Å². The minimum atomic E-state index is -1.09. The molecule has 3 aliphatic heterocycles. The molecule has 0 spiro atoms. The summed E-state index contributed by atoms with van der Waals surface area (Å²) in [6.45, 7) is 17.5. The third kappa shape index (κ3) is 6.72. The van der Waals surface area contributed by atoms with Crippen LogP contribution in [0.2, 0.25) is 0 Å². The number of methoxy groups -OCH3 is 1. The van der Waals surface area contributed by atoms with Crippen LogP contribution >= 0.6 is 0 Å². The molecule has 2 aromatic heterocycles. The number of H-pyrrole nitrogens is 2. The number of carbonyl (C=O) groups is 2. The number of carbonyl (C=O) groups excluding carboxylic acids is 2. The summed E-state index contributed by atoms with van der Waals surface area (Å²) in [6.07, 6.45) is 13.5. The fourth-order valence-electron chi connectivity index (χ4n) is 8.99. The first kappa shape index (κ1) is 37.5. The quantitative estimate of drug-likeness (QED) is 0.140. The third-order valence-corrected chi connectivity index (χ3v) is 12.2. The summed E-state index contributed by atoms with van der Waals surface area (Å²) in [5.41, 5.74) is 11.9. The van der Waals surface area contributed by atoms with E-state index in [1.165, 1.54) is 29.4 Å². The van der Waals surface area contributed by atoms with Crippen molar-refractivity contribution in [3.8, 4) is 0 Å². The molecule has 0 radical (unpaired) electrons. The Morgan fingerprint density at radius 2 is 1.77 bits per heavy atom. The van der Waals surface area contributed by atoms with Crippen LogP contribution in [-0.4, -0.2) is 46.8 Å². The topological polar surface area (TPSA) is 128 Å². The molecule has 9 nitrogen and oxygen atoms in total. The van der Waals surface area contributed by atoms with E-state index in [4.69, 9.17) is 9.47 Å². The fourth-order valence-corrected chi connectivity index (χ4v) is 8.99.